The van der Waals surface area contributed by atoms with Crippen molar-refractivity contribution >= 4 is 0 Å². The molecule has 3 rings (SSSR count). The van der Waals surface area contributed by atoms with Crippen molar-refractivity contribution < 1.29 is 18.9 Å². The maximum Gasteiger partial charge on any atom is 0.122 e. The second-order valence-electron chi connectivity index (χ2n) is 10.0. The van der Waals surface area contributed by atoms with Crippen molar-refractivity contribution in [2.75, 3.05) is 26.4 Å². The Hall–Kier alpha value is -2.36. The molecule has 0 aromatic heterocycles. The van der Waals surface area contributed by atoms with Crippen molar-refractivity contribution in [2.24, 2.45) is 11.8 Å². The van der Waals surface area contributed by atoms with E-state index < -0.39 is 0 Å². The molecule has 1 aliphatic rings. The van der Waals surface area contributed by atoms with Crippen LogP contribution in [0.5, 0.6) is 23.0 Å². The molecule has 0 bridgehead atoms. The van der Waals surface area contributed by atoms with E-state index in [1.165, 1.54) is 38.5 Å². The summed E-state index contributed by atoms with van der Waals surface area (Å²) in [5, 5.41) is 0. The quantitative estimate of drug-likeness (QED) is 0.231. The molecule has 0 unspecified atom stereocenters. The predicted octanol–water partition coefficient (Wildman–Crippen LogP) is 11.2. The van der Waals surface area contributed by atoms with Crippen molar-refractivity contribution in [3.05, 3.63) is 48.5 Å². The fraction of sp³-hybridized carbons (Fsp3) is 0.667. The minimum Gasteiger partial charge on any atom is -0.494 e. The van der Waals surface area contributed by atoms with Crippen molar-refractivity contribution in [3.8, 4) is 23.0 Å². The molecule has 2 aromatic carbocycles. The lowest BCUT2D eigenvalue weighted by atomic mass is 9.80. The van der Waals surface area contributed by atoms with Gasteiger partial charge in [-0.25, -0.2) is 0 Å². The highest BCUT2D eigenvalue weighted by molar-refractivity contribution is 5.33. The molecule has 0 heterocycles. The van der Waals surface area contributed by atoms with Crippen LogP contribution in [0, 0.1) is 11.8 Å². The normalized spacial score (nSPS) is 15.6. The molecule has 4 nitrogen and oxygen atoms in total. The van der Waals surface area contributed by atoms with Crippen LogP contribution in [0.3, 0.4) is 0 Å². The summed E-state index contributed by atoms with van der Waals surface area (Å²) >= 11 is 0. The zero-order valence-corrected chi connectivity index (χ0v) is 27.3. The fourth-order valence-corrected chi connectivity index (χ4v) is 4.21. The largest absolute Gasteiger partial charge is 0.494 e. The first kappa shape index (κ1) is 37.6. The lowest BCUT2D eigenvalue weighted by molar-refractivity contribution is 0.264. The molecule has 0 atom stereocenters. The van der Waals surface area contributed by atoms with Gasteiger partial charge in [-0.1, -0.05) is 100.0 Å². The summed E-state index contributed by atoms with van der Waals surface area (Å²) in [6.45, 7) is 20.1. The van der Waals surface area contributed by atoms with Gasteiger partial charge < -0.3 is 18.9 Å². The molecule has 1 aliphatic carbocycles. The molecule has 1 fully saturated rings. The van der Waals surface area contributed by atoms with E-state index in [0.717, 1.165) is 86.9 Å². The van der Waals surface area contributed by atoms with Gasteiger partial charge in [-0.3, -0.25) is 0 Å². The number of hydrogen-bond acceptors (Lipinski definition) is 4. The summed E-state index contributed by atoms with van der Waals surface area (Å²) in [6.07, 6.45) is 13.0. The Morgan fingerprint density at radius 3 is 1.05 bits per heavy atom. The van der Waals surface area contributed by atoms with Gasteiger partial charge in [-0.15, -0.1) is 0 Å². The Morgan fingerprint density at radius 1 is 0.475 bits per heavy atom. The summed E-state index contributed by atoms with van der Waals surface area (Å²) in [7, 11) is 0. The van der Waals surface area contributed by atoms with Crippen LogP contribution in [0.2, 0.25) is 0 Å². The summed E-state index contributed by atoms with van der Waals surface area (Å²) in [5.41, 5.74) is 0. The summed E-state index contributed by atoms with van der Waals surface area (Å²) in [5.74, 6) is 5.75. The Balaban J connectivity index is 0.000000560. The molecule has 4 heteroatoms. The first-order valence-corrected chi connectivity index (χ1v) is 16.3. The van der Waals surface area contributed by atoms with E-state index in [2.05, 4.69) is 41.5 Å². The van der Waals surface area contributed by atoms with E-state index >= 15 is 0 Å². The van der Waals surface area contributed by atoms with E-state index in [1.54, 1.807) is 0 Å². The van der Waals surface area contributed by atoms with Crippen LogP contribution in [-0.4, -0.2) is 26.4 Å². The molecule has 40 heavy (non-hydrogen) atoms. The summed E-state index contributed by atoms with van der Waals surface area (Å²) in [4.78, 5) is 0. The van der Waals surface area contributed by atoms with E-state index in [9.17, 15) is 0 Å². The molecule has 0 aliphatic heterocycles. The van der Waals surface area contributed by atoms with Crippen LogP contribution >= 0.6 is 0 Å². The third-order valence-corrected chi connectivity index (χ3v) is 6.64. The monoisotopic (exact) mass is 558 g/mol. The van der Waals surface area contributed by atoms with Gasteiger partial charge in [0.15, 0.2) is 0 Å². The Kier molecular flexibility index (Phi) is 25.3. The fourth-order valence-electron chi connectivity index (χ4n) is 4.21. The van der Waals surface area contributed by atoms with Gasteiger partial charge in [0.25, 0.3) is 0 Å². The van der Waals surface area contributed by atoms with Crippen molar-refractivity contribution in [3.63, 3.8) is 0 Å². The first-order valence-electron chi connectivity index (χ1n) is 16.3. The lowest BCUT2D eigenvalue weighted by Crippen LogP contribution is -2.12. The molecule has 230 valence electrons. The third-order valence-electron chi connectivity index (χ3n) is 6.64. The molecule has 1 saturated carbocycles. The topological polar surface area (TPSA) is 36.9 Å². The highest BCUT2D eigenvalue weighted by atomic mass is 16.5. The third kappa shape index (κ3) is 18.8. The van der Waals surface area contributed by atoms with Crippen LogP contribution in [-0.2, 0) is 0 Å². The van der Waals surface area contributed by atoms with Gasteiger partial charge in [0, 0.05) is 6.07 Å². The Morgan fingerprint density at radius 2 is 0.775 bits per heavy atom. The molecule has 0 spiro atoms. The van der Waals surface area contributed by atoms with Gasteiger partial charge >= 0.3 is 0 Å². The van der Waals surface area contributed by atoms with E-state index in [-0.39, 0.29) is 0 Å². The average Bonchev–Trinajstić information content (AvgIpc) is 3.03. The van der Waals surface area contributed by atoms with Crippen LogP contribution in [0.1, 0.15) is 120 Å². The standard InChI is InChI=1S/2C12H18O2.C10H20.C2H6/c1-3-9-13-11-5-7-12(8-6-11)14-10-4-2;1-3-8-13-11-6-5-7-12(10-11)14-9-4-2;1-3-9-5-7-10(4-2)8-6-9;1-2/h5-8H,3-4,9-10H2,1-2H3;5-7,10H,3-4,8-9H2,1-2H3;9-10H,3-8H2,1-2H3;1-2H3. The van der Waals surface area contributed by atoms with Crippen LogP contribution in [0.4, 0.5) is 0 Å². The lowest BCUT2D eigenvalue weighted by Gasteiger charge is -2.26. The second kappa shape index (κ2) is 26.8. The number of ether oxygens (including phenoxy) is 4. The van der Waals surface area contributed by atoms with Gasteiger partial charge in [0.2, 0.25) is 0 Å². The predicted molar refractivity (Wildman–Crippen MR) is 173 cm³/mol. The minimum absolute atomic E-state index is 0.761. The number of benzene rings is 2. The van der Waals surface area contributed by atoms with Gasteiger partial charge in [-0.05, 0) is 73.9 Å². The second-order valence-corrected chi connectivity index (χ2v) is 10.0. The van der Waals surface area contributed by atoms with Crippen molar-refractivity contribution in [1.29, 1.82) is 0 Å². The zero-order chi connectivity index (χ0) is 29.8. The maximum absolute atomic E-state index is 5.50. The molecular formula is C36H62O4. The summed E-state index contributed by atoms with van der Waals surface area (Å²) in [6, 6.07) is 15.6. The molecule has 2 aromatic rings. The molecule has 0 saturated heterocycles. The maximum atomic E-state index is 5.50. The smallest absolute Gasteiger partial charge is 0.122 e. The highest BCUT2D eigenvalue weighted by Gasteiger charge is 2.17. The molecule has 0 amide bonds. The zero-order valence-electron chi connectivity index (χ0n) is 27.3. The highest BCUT2D eigenvalue weighted by Crippen LogP contribution is 2.31. The van der Waals surface area contributed by atoms with Crippen LogP contribution in [0.15, 0.2) is 48.5 Å². The van der Waals surface area contributed by atoms with Gasteiger partial charge in [0.05, 0.1) is 26.4 Å². The van der Waals surface area contributed by atoms with Crippen molar-refractivity contribution in [1.82, 2.24) is 0 Å². The molecular weight excluding hydrogens is 496 g/mol. The minimum atomic E-state index is 0.761. The number of rotatable bonds is 14. The Labute approximate surface area is 248 Å². The number of hydrogen-bond donors (Lipinski definition) is 0. The van der Waals surface area contributed by atoms with E-state index in [4.69, 9.17) is 18.9 Å². The van der Waals surface area contributed by atoms with Crippen LogP contribution < -0.4 is 18.9 Å². The Bertz CT molecular complexity index is 719. The van der Waals surface area contributed by atoms with Gasteiger partial charge in [0.1, 0.15) is 23.0 Å². The van der Waals surface area contributed by atoms with E-state index in [0.29, 0.717) is 0 Å². The van der Waals surface area contributed by atoms with E-state index in [1.807, 2.05) is 62.4 Å². The van der Waals surface area contributed by atoms with Crippen molar-refractivity contribution in [2.45, 2.75) is 120 Å². The van der Waals surface area contributed by atoms with Gasteiger partial charge in [-0.2, -0.15) is 0 Å². The first-order chi connectivity index (χ1) is 19.6. The SMILES string of the molecule is CC.CCC1CCC(CC)CC1.CCCOc1ccc(OCCC)cc1.CCCOc1cccc(OCCC)c1. The molecule has 0 radical (unpaired) electrons. The average molecular weight is 559 g/mol. The molecule has 0 N–H and O–H groups in total. The van der Waals surface area contributed by atoms with Crippen LogP contribution in [0.25, 0.3) is 0 Å². The summed E-state index contributed by atoms with van der Waals surface area (Å²) < 4.78 is 21.9.